The van der Waals surface area contributed by atoms with Gasteiger partial charge in [-0.05, 0) is 39.2 Å². The van der Waals surface area contributed by atoms with Crippen molar-refractivity contribution >= 4 is 33.7 Å². The average molecular weight is 603 g/mol. The number of carbonyl (C=O) groups excluding carboxylic acids is 3. The van der Waals surface area contributed by atoms with Gasteiger partial charge in [-0.15, -0.1) is 13.2 Å². The highest BCUT2D eigenvalue weighted by molar-refractivity contribution is 9.09. The molecule has 39 heavy (non-hydrogen) atoms. The lowest BCUT2D eigenvalue weighted by Crippen LogP contribution is -2.60. The molecule has 3 aliphatic rings. The van der Waals surface area contributed by atoms with Crippen molar-refractivity contribution in [2.45, 2.75) is 68.3 Å². The van der Waals surface area contributed by atoms with Crippen molar-refractivity contribution < 1.29 is 24.2 Å². The third kappa shape index (κ3) is 5.21. The standard InChI is InChI=1S/C30H40BrN3O5/c1-6-14-32(19-20-12-9-8-10-13-20)26(36)22-23-27(37)33(16-11-17-35)25(30(23)18-21(31)24(22)39-30)28(38)34(15-7-2)29(3,4)5/h6-10,12-13,21-25,35H,1-2,11,14-19H2,3-5H3/t21?,22-,23+,24-,25?,30?/m1/s1. The normalized spacial score (nSPS) is 29.3. The molecule has 8 nitrogen and oxygen atoms in total. The Hall–Kier alpha value is -2.49. The number of ether oxygens (including phenoxy) is 1. The predicted molar refractivity (Wildman–Crippen MR) is 153 cm³/mol. The van der Waals surface area contributed by atoms with E-state index in [1.807, 2.05) is 51.1 Å². The van der Waals surface area contributed by atoms with Gasteiger partial charge in [0.25, 0.3) is 0 Å². The fourth-order valence-electron chi connectivity index (χ4n) is 6.55. The molecule has 0 saturated carbocycles. The lowest BCUT2D eigenvalue weighted by atomic mass is 9.70. The maximum atomic E-state index is 14.3. The summed E-state index contributed by atoms with van der Waals surface area (Å²) in [6.45, 7) is 14.6. The van der Waals surface area contributed by atoms with Crippen LogP contribution < -0.4 is 0 Å². The van der Waals surface area contributed by atoms with E-state index in [-0.39, 0.29) is 35.7 Å². The Balaban J connectivity index is 1.75. The molecule has 2 bridgehead atoms. The van der Waals surface area contributed by atoms with E-state index in [4.69, 9.17) is 4.74 Å². The van der Waals surface area contributed by atoms with Gasteiger partial charge in [0.1, 0.15) is 11.6 Å². The van der Waals surface area contributed by atoms with Gasteiger partial charge in [0.15, 0.2) is 0 Å². The maximum absolute atomic E-state index is 14.3. The number of likely N-dealkylation sites (tertiary alicyclic amines) is 1. The molecule has 3 unspecified atom stereocenters. The predicted octanol–water partition coefficient (Wildman–Crippen LogP) is 3.14. The highest BCUT2D eigenvalue weighted by Gasteiger charge is 2.77. The van der Waals surface area contributed by atoms with Crippen molar-refractivity contribution in [3.8, 4) is 0 Å². The topological polar surface area (TPSA) is 90.4 Å². The monoisotopic (exact) mass is 601 g/mol. The van der Waals surface area contributed by atoms with E-state index in [2.05, 4.69) is 29.1 Å². The largest absolute Gasteiger partial charge is 0.396 e. The SMILES string of the molecule is C=CCN(Cc1ccccc1)C(=O)[C@H]1[C@@H]2OC3(CC2Br)C(C(=O)N(CC=C)C(C)(C)C)N(CCCO)C(=O)[C@H]13. The molecule has 3 aliphatic heterocycles. The zero-order valence-electron chi connectivity index (χ0n) is 23.1. The number of benzene rings is 1. The van der Waals surface area contributed by atoms with Crippen LogP contribution in [-0.4, -0.2) is 91.9 Å². The number of amides is 3. The van der Waals surface area contributed by atoms with Gasteiger partial charge in [0, 0.05) is 43.2 Å². The van der Waals surface area contributed by atoms with Crippen LogP contribution in [0.25, 0.3) is 0 Å². The van der Waals surface area contributed by atoms with Gasteiger partial charge in [0.05, 0.1) is 17.9 Å². The zero-order valence-corrected chi connectivity index (χ0v) is 24.7. The fourth-order valence-corrected chi connectivity index (χ4v) is 7.49. The maximum Gasteiger partial charge on any atom is 0.249 e. The molecule has 4 rings (SSSR count). The first-order chi connectivity index (χ1) is 18.5. The van der Waals surface area contributed by atoms with Gasteiger partial charge in [0.2, 0.25) is 17.7 Å². The number of fused-ring (bicyclic) bond motifs is 1. The molecule has 0 aliphatic carbocycles. The summed E-state index contributed by atoms with van der Waals surface area (Å²) in [6, 6.07) is 8.80. The molecule has 1 aromatic rings. The molecule has 212 valence electrons. The number of aliphatic hydroxyl groups is 1. The first kappa shape index (κ1) is 29.5. The Kier molecular flexibility index (Phi) is 8.73. The van der Waals surface area contributed by atoms with Crippen LogP contribution >= 0.6 is 15.9 Å². The van der Waals surface area contributed by atoms with Crippen molar-refractivity contribution in [1.82, 2.24) is 14.7 Å². The molecule has 1 aromatic carbocycles. The number of hydrogen-bond acceptors (Lipinski definition) is 5. The second-order valence-electron chi connectivity index (χ2n) is 11.7. The third-order valence-electron chi connectivity index (χ3n) is 8.13. The first-order valence-corrected chi connectivity index (χ1v) is 14.5. The van der Waals surface area contributed by atoms with Crippen molar-refractivity contribution in [3.05, 3.63) is 61.2 Å². The van der Waals surface area contributed by atoms with Gasteiger partial charge in [-0.3, -0.25) is 14.4 Å². The summed E-state index contributed by atoms with van der Waals surface area (Å²) in [5.74, 6) is -2.19. The van der Waals surface area contributed by atoms with Crippen LogP contribution in [0.15, 0.2) is 55.6 Å². The minimum Gasteiger partial charge on any atom is -0.396 e. The number of aliphatic hydroxyl groups excluding tert-OH is 1. The highest BCUT2D eigenvalue weighted by atomic mass is 79.9. The quantitative estimate of drug-likeness (QED) is 0.311. The molecular weight excluding hydrogens is 562 g/mol. The van der Waals surface area contributed by atoms with Gasteiger partial charge < -0.3 is 24.5 Å². The molecule has 1 N–H and O–H groups in total. The minimum absolute atomic E-state index is 0.116. The van der Waals surface area contributed by atoms with Crippen molar-refractivity contribution in [1.29, 1.82) is 0 Å². The van der Waals surface area contributed by atoms with Gasteiger partial charge in [-0.25, -0.2) is 0 Å². The molecule has 3 heterocycles. The average Bonchev–Trinajstić information content (AvgIpc) is 3.48. The summed E-state index contributed by atoms with van der Waals surface area (Å²) >= 11 is 3.74. The summed E-state index contributed by atoms with van der Waals surface area (Å²) in [5.41, 5.74) is -0.690. The second kappa shape index (κ2) is 11.6. The summed E-state index contributed by atoms with van der Waals surface area (Å²) in [4.78, 5) is 47.5. The van der Waals surface area contributed by atoms with Crippen LogP contribution in [0.4, 0.5) is 0 Å². The number of alkyl halides is 1. The van der Waals surface area contributed by atoms with Gasteiger partial charge >= 0.3 is 0 Å². The molecule has 3 fully saturated rings. The summed E-state index contributed by atoms with van der Waals surface area (Å²) in [6.07, 6.45) is 3.59. The van der Waals surface area contributed by atoms with Crippen molar-refractivity contribution in [2.75, 3.05) is 26.2 Å². The molecule has 1 spiro atoms. The molecule has 6 atom stereocenters. The Morgan fingerprint density at radius 1 is 1.18 bits per heavy atom. The van der Waals surface area contributed by atoms with E-state index in [9.17, 15) is 19.5 Å². The van der Waals surface area contributed by atoms with E-state index in [1.54, 1.807) is 26.9 Å². The van der Waals surface area contributed by atoms with Crippen molar-refractivity contribution in [3.63, 3.8) is 0 Å². The van der Waals surface area contributed by atoms with E-state index >= 15 is 0 Å². The van der Waals surface area contributed by atoms with E-state index in [0.717, 1.165) is 5.56 Å². The summed E-state index contributed by atoms with van der Waals surface area (Å²) < 4.78 is 6.65. The van der Waals surface area contributed by atoms with Crippen LogP contribution in [-0.2, 0) is 25.7 Å². The molecule has 3 saturated heterocycles. The first-order valence-electron chi connectivity index (χ1n) is 13.6. The molecule has 3 amide bonds. The minimum atomic E-state index is -1.14. The Bertz CT molecular complexity index is 1110. The van der Waals surface area contributed by atoms with Crippen LogP contribution in [0.1, 0.15) is 39.2 Å². The number of carbonyl (C=O) groups is 3. The van der Waals surface area contributed by atoms with Crippen molar-refractivity contribution in [2.24, 2.45) is 11.8 Å². The van der Waals surface area contributed by atoms with Crippen LogP contribution in [0.3, 0.4) is 0 Å². The number of rotatable bonds is 11. The fraction of sp³-hybridized carbons (Fsp3) is 0.567. The molecule has 0 radical (unpaired) electrons. The highest BCUT2D eigenvalue weighted by Crippen LogP contribution is 2.60. The molecule has 0 aromatic heterocycles. The lowest BCUT2D eigenvalue weighted by Gasteiger charge is -2.42. The van der Waals surface area contributed by atoms with E-state index in [0.29, 0.717) is 32.5 Å². The lowest BCUT2D eigenvalue weighted by molar-refractivity contribution is -0.152. The molecule has 9 heteroatoms. The third-order valence-corrected chi connectivity index (χ3v) is 8.98. The van der Waals surface area contributed by atoms with E-state index in [1.165, 1.54) is 0 Å². The zero-order chi connectivity index (χ0) is 28.5. The number of hydrogen-bond donors (Lipinski definition) is 1. The molecular formula is C30H40BrN3O5. The van der Waals surface area contributed by atoms with Crippen LogP contribution in [0.2, 0.25) is 0 Å². The van der Waals surface area contributed by atoms with E-state index < -0.39 is 35.1 Å². The Labute approximate surface area is 239 Å². The van der Waals surface area contributed by atoms with Crippen LogP contribution in [0, 0.1) is 11.8 Å². The van der Waals surface area contributed by atoms with Gasteiger partial charge in [-0.1, -0.05) is 58.4 Å². The Morgan fingerprint density at radius 2 is 1.85 bits per heavy atom. The second-order valence-corrected chi connectivity index (χ2v) is 12.8. The van der Waals surface area contributed by atoms with Gasteiger partial charge in [-0.2, -0.15) is 0 Å². The smallest absolute Gasteiger partial charge is 0.249 e. The number of halogens is 1. The Morgan fingerprint density at radius 3 is 2.44 bits per heavy atom. The van der Waals surface area contributed by atoms with Crippen LogP contribution in [0.5, 0.6) is 0 Å². The summed E-state index contributed by atoms with van der Waals surface area (Å²) in [7, 11) is 0. The number of nitrogens with zero attached hydrogens (tertiary/aromatic N) is 3. The summed E-state index contributed by atoms with van der Waals surface area (Å²) in [5, 5.41) is 9.59.